The maximum atomic E-state index is 11.9. The SMILES string of the molecule is CCOc1ccc(NCC(=O)NN=C(C)c2ccc(C)cc2)cc1. The summed E-state index contributed by atoms with van der Waals surface area (Å²) in [5.74, 6) is 0.612. The van der Waals surface area contributed by atoms with E-state index in [-0.39, 0.29) is 12.5 Å². The quantitative estimate of drug-likeness (QED) is 0.606. The minimum atomic E-state index is -0.199. The number of nitrogens with one attached hydrogen (secondary N) is 2. The Hall–Kier alpha value is -2.82. The van der Waals surface area contributed by atoms with Crippen molar-refractivity contribution in [1.82, 2.24) is 5.43 Å². The molecule has 0 bridgehead atoms. The predicted molar refractivity (Wildman–Crippen MR) is 97.6 cm³/mol. The van der Waals surface area contributed by atoms with Gasteiger partial charge in [-0.25, -0.2) is 5.43 Å². The minimum absolute atomic E-state index is 0.151. The molecule has 0 aliphatic heterocycles. The summed E-state index contributed by atoms with van der Waals surface area (Å²) < 4.78 is 5.38. The van der Waals surface area contributed by atoms with Crippen LogP contribution in [0, 0.1) is 6.92 Å². The predicted octanol–water partition coefficient (Wildman–Crippen LogP) is 3.35. The molecule has 2 N–H and O–H groups in total. The molecule has 5 nitrogen and oxygen atoms in total. The highest BCUT2D eigenvalue weighted by molar-refractivity contribution is 5.99. The number of rotatable bonds is 7. The van der Waals surface area contributed by atoms with E-state index in [1.165, 1.54) is 5.56 Å². The first-order valence-corrected chi connectivity index (χ1v) is 7.95. The average Bonchev–Trinajstić information content (AvgIpc) is 2.60. The summed E-state index contributed by atoms with van der Waals surface area (Å²) in [5, 5.41) is 7.18. The molecule has 126 valence electrons. The summed E-state index contributed by atoms with van der Waals surface area (Å²) in [4.78, 5) is 11.9. The second-order valence-corrected chi connectivity index (χ2v) is 5.41. The number of carbonyl (C=O) groups is 1. The van der Waals surface area contributed by atoms with Crippen molar-refractivity contribution in [3.05, 3.63) is 59.7 Å². The Kier molecular flexibility index (Phi) is 6.37. The number of hydrogen-bond acceptors (Lipinski definition) is 4. The summed E-state index contributed by atoms with van der Waals surface area (Å²) in [6.07, 6.45) is 0. The van der Waals surface area contributed by atoms with Crippen LogP contribution in [0.5, 0.6) is 5.75 Å². The van der Waals surface area contributed by atoms with Crippen LogP contribution in [0.2, 0.25) is 0 Å². The van der Waals surface area contributed by atoms with E-state index in [0.717, 1.165) is 22.7 Å². The summed E-state index contributed by atoms with van der Waals surface area (Å²) in [6.45, 7) is 6.62. The van der Waals surface area contributed by atoms with Crippen molar-refractivity contribution in [3.63, 3.8) is 0 Å². The molecule has 0 saturated heterocycles. The van der Waals surface area contributed by atoms with Gasteiger partial charge in [-0.2, -0.15) is 5.10 Å². The highest BCUT2D eigenvalue weighted by Gasteiger charge is 2.02. The van der Waals surface area contributed by atoms with Crippen LogP contribution in [0.1, 0.15) is 25.0 Å². The normalized spacial score (nSPS) is 11.0. The zero-order valence-electron chi connectivity index (χ0n) is 14.3. The lowest BCUT2D eigenvalue weighted by atomic mass is 10.1. The monoisotopic (exact) mass is 325 g/mol. The van der Waals surface area contributed by atoms with E-state index in [1.807, 2.05) is 69.3 Å². The van der Waals surface area contributed by atoms with Crippen molar-refractivity contribution in [2.75, 3.05) is 18.5 Å². The van der Waals surface area contributed by atoms with Crippen molar-refractivity contribution >= 4 is 17.3 Å². The fourth-order valence-corrected chi connectivity index (χ4v) is 2.06. The molecule has 0 aromatic heterocycles. The van der Waals surface area contributed by atoms with Crippen LogP contribution >= 0.6 is 0 Å². The zero-order valence-corrected chi connectivity index (χ0v) is 14.3. The molecule has 1 amide bonds. The first-order chi connectivity index (χ1) is 11.6. The van der Waals surface area contributed by atoms with E-state index in [0.29, 0.717) is 6.61 Å². The molecule has 2 aromatic rings. The van der Waals surface area contributed by atoms with Gasteiger partial charge in [0.1, 0.15) is 5.75 Å². The maximum absolute atomic E-state index is 11.9. The molecule has 0 radical (unpaired) electrons. The van der Waals surface area contributed by atoms with Crippen molar-refractivity contribution in [1.29, 1.82) is 0 Å². The van der Waals surface area contributed by atoms with Crippen LogP contribution < -0.4 is 15.5 Å². The van der Waals surface area contributed by atoms with Crippen molar-refractivity contribution in [2.45, 2.75) is 20.8 Å². The Bertz CT molecular complexity index is 692. The fourth-order valence-electron chi connectivity index (χ4n) is 2.06. The standard InChI is InChI=1S/C19H23N3O2/c1-4-24-18-11-9-17(10-12-18)20-13-19(23)22-21-15(3)16-7-5-14(2)6-8-16/h5-12,20H,4,13H2,1-3H3,(H,22,23). The van der Waals surface area contributed by atoms with Gasteiger partial charge in [-0.3, -0.25) is 4.79 Å². The Morgan fingerprint density at radius 3 is 2.38 bits per heavy atom. The van der Waals surface area contributed by atoms with Gasteiger partial charge in [-0.15, -0.1) is 0 Å². The third kappa shape index (κ3) is 5.43. The molecule has 2 aromatic carbocycles. The topological polar surface area (TPSA) is 62.7 Å². The molecule has 0 unspecified atom stereocenters. The summed E-state index contributed by atoms with van der Waals surface area (Å²) in [6, 6.07) is 15.5. The summed E-state index contributed by atoms with van der Waals surface area (Å²) in [7, 11) is 0. The summed E-state index contributed by atoms with van der Waals surface area (Å²) in [5.41, 5.74) is 6.36. The van der Waals surface area contributed by atoms with Gasteiger partial charge in [0.2, 0.25) is 0 Å². The van der Waals surface area contributed by atoms with Crippen LogP contribution in [0.3, 0.4) is 0 Å². The van der Waals surface area contributed by atoms with Gasteiger partial charge in [0, 0.05) is 5.69 Å². The van der Waals surface area contributed by atoms with Gasteiger partial charge in [-0.1, -0.05) is 29.8 Å². The lowest BCUT2D eigenvalue weighted by Gasteiger charge is -2.08. The van der Waals surface area contributed by atoms with Crippen LogP contribution in [-0.2, 0) is 4.79 Å². The van der Waals surface area contributed by atoms with Crippen molar-refractivity contribution < 1.29 is 9.53 Å². The maximum Gasteiger partial charge on any atom is 0.259 e. The fraction of sp³-hybridized carbons (Fsp3) is 0.263. The van der Waals surface area contributed by atoms with Crippen LogP contribution in [-0.4, -0.2) is 24.8 Å². The van der Waals surface area contributed by atoms with Gasteiger partial charge >= 0.3 is 0 Å². The molecule has 0 aliphatic rings. The Morgan fingerprint density at radius 1 is 1.08 bits per heavy atom. The molecule has 0 atom stereocenters. The molecule has 0 spiro atoms. The van der Waals surface area contributed by atoms with Crippen molar-refractivity contribution in [3.8, 4) is 5.75 Å². The lowest BCUT2D eigenvalue weighted by molar-refractivity contribution is -0.119. The molecule has 0 fully saturated rings. The van der Waals surface area contributed by atoms with Crippen LogP contribution in [0.4, 0.5) is 5.69 Å². The number of aryl methyl sites for hydroxylation is 1. The molecular weight excluding hydrogens is 302 g/mol. The molecule has 5 heteroatoms. The van der Waals surface area contributed by atoms with Gasteiger partial charge < -0.3 is 10.1 Å². The number of benzene rings is 2. The molecule has 0 aliphatic carbocycles. The number of amides is 1. The minimum Gasteiger partial charge on any atom is -0.494 e. The highest BCUT2D eigenvalue weighted by Crippen LogP contribution is 2.15. The largest absolute Gasteiger partial charge is 0.494 e. The van der Waals surface area contributed by atoms with Gasteiger partial charge in [0.25, 0.3) is 5.91 Å². The Morgan fingerprint density at radius 2 is 1.75 bits per heavy atom. The third-order valence-electron chi connectivity index (χ3n) is 3.44. The molecular formula is C19H23N3O2. The average molecular weight is 325 g/mol. The summed E-state index contributed by atoms with van der Waals surface area (Å²) >= 11 is 0. The van der Waals surface area contributed by atoms with Crippen molar-refractivity contribution in [2.24, 2.45) is 5.10 Å². The Balaban J connectivity index is 1.82. The smallest absolute Gasteiger partial charge is 0.259 e. The molecule has 0 heterocycles. The van der Waals surface area contributed by atoms with E-state index in [2.05, 4.69) is 15.8 Å². The third-order valence-corrected chi connectivity index (χ3v) is 3.44. The second kappa shape index (κ2) is 8.72. The van der Waals surface area contributed by atoms with E-state index in [1.54, 1.807) is 0 Å². The Labute approximate surface area is 142 Å². The van der Waals surface area contributed by atoms with Crippen LogP contribution in [0.15, 0.2) is 53.6 Å². The first kappa shape index (κ1) is 17.5. The van der Waals surface area contributed by atoms with Gasteiger partial charge in [-0.05, 0) is 50.6 Å². The number of ether oxygens (including phenoxy) is 1. The number of nitrogens with zero attached hydrogens (tertiary/aromatic N) is 1. The zero-order chi connectivity index (χ0) is 17.4. The lowest BCUT2D eigenvalue weighted by Crippen LogP contribution is -2.26. The number of anilines is 1. The number of hydrazone groups is 1. The van der Waals surface area contributed by atoms with E-state index in [4.69, 9.17) is 4.74 Å². The second-order valence-electron chi connectivity index (χ2n) is 5.41. The van der Waals surface area contributed by atoms with E-state index >= 15 is 0 Å². The number of carbonyl (C=O) groups excluding carboxylic acids is 1. The van der Waals surface area contributed by atoms with Crippen LogP contribution in [0.25, 0.3) is 0 Å². The van der Waals surface area contributed by atoms with E-state index < -0.39 is 0 Å². The number of hydrogen-bond donors (Lipinski definition) is 2. The molecule has 0 saturated carbocycles. The molecule has 24 heavy (non-hydrogen) atoms. The van der Waals surface area contributed by atoms with E-state index in [9.17, 15) is 4.79 Å². The van der Waals surface area contributed by atoms with Gasteiger partial charge in [0.05, 0.1) is 18.9 Å². The highest BCUT2D eigenvalue weighted by atomic mass is 16.5. The van der Waals surface area contributed by atoms with Gasteiger partial charge in [0.15, 0.2) is 0 Å². The molecule has 2 rings (SSSR count). The first-order valence-electron chi connectivity index (χ1n) is 7.95.